The van der Waals surface area contributed by atoms with Gasteiger partial charge >= 0.3 is 12.1 Å². The summed E-state index contributed by atoms with van der Waals surface area (Å²) in [6.07, 6.45) is 7.42. The van der Waals surface area contributed by atoms with Crippen LogP contribution < -0.4 is 20.7 Å². The van der Waals surface area contributed by atoms with Crippen LogP contribution in [0, 0.1) is 0 Å². The molecular formula is C46H53N9O7. The van der Waals surface area contributed by atoms with E-state index in [1.54, 1.807) is 17.3 Å². The van der Waals surface area contributed by atoms with E-state index in [0.29, 0.717) is 63.1 Å². The number of ether oxygens (including phenoxy) is 3. The second kappa shape index (κ2) is 19.4. The molecule has 0 unspecified atom stereocenters. The monoisotopic (exact) mass is 843 g/mol. The summed E-state index contributed by atoms with van der Waals surface area (Å²) in [6, 6.07) is 21.0. The Balaban J connectivity index is 0.995. The number of imidazole rings is 2. The van der Waals surface area contributed by atoms with Crippen molar-refractivity contribution in [1.29, 1.82) is 0 Å². The van der Waals surface area contributed by atoms with Gasteiger partial charge in [0.25, 0.3) is 0 Å². The van der Waals surface area contributed by atoms with Gasteiger partial charge in [-0.2, -0.15) is 0 Å². The number of carbonyl (C=O) groups excluding carboxylic acids is 4. The molecular weight excluding hydrogens is 791 g/mol. The second-order valence-corrected chi connectivity index (χ2v) is 15.7. The summed E-state index contributed by atoms with van der Waals surface area (Å²) < 4.78 is 17.1. The molecule has 16 heteroatoms. The molecule has 5 amide bonds. The Morgan fingerprint density at radius 3 is 2.32 bits per heavy atom. The van der Waals surface area contributed by atoms with Gasteiger partial charge in [0.15, 0.2) is 0 Å². The Kier molecular flexibility index (Phi) is 13.1. The molecule has 2 bridgehead atoms. The predicted octanol–water partition coefficient (Wildman–Crippen LogP) is 6.44. The minimum absolute atomic E-state index is 0.0309. The number of hydrogen-bond acceptors (Lipinski definition) is 9. The van der Waals surface area contributed by atoms with Crippen molar-refractivity contribution in [3.05, 3.63) is 102 Å². The average molecular weight is 844 g/mol. The zero-order valence-corrected chi connectivity index (χ0v) is 35.0. The van der Waals surface area contributed by atoms with Gasteiger partial charge in [-0.3, -0.25) is 9.59 Å². The summed E-state index contributed by atoms with van der Waals surface area (Å²) in [5.41, 5.74) is 6.11. The fraction of sp³-hybridized carbons (Fsp3) is 0.391. The molecule has 62 heavy (non-hydrogen) atoms. The summed E-state index contributed by atoms with van der Waals surface area (Å²) in [6.45, 7) is 4.26. The summed E-state index contributed by atoms with van der Waals surface area (Å²) in [4.78, 5) is 72.5. The highest BCUT2D eigenvalue weighted by Crippen LogP contribution is 2.38. The summed E-state index contributed by atoms with van der Waals surface area (Å²) >= 11 is 0. The third-order valence-electron chi connectivity index (χ3n) is 11.7. The van der Waals surface area contributed by atoms with E-state index in [1.807, 2.05) is 66.4 Å². The largest absolute Gasteiger partial charge is 0.493 e. The second-order valence-electron chi connectivity index (χ2n) is 15.7. The van der Waals surface area contributed by atoms with E-state index in [9.17, 15) is 19.2 Å². The van der Waals surface area contributed by atoms with Gasteiger partial charge in [-0.15, -0.1) is 0 Å². The van der Waals surface area contributed by atoms with Crippen molar-refractivity contribution >= 4 is 23.9 Å². The summed E-state index contributed by atoms with van der Waals surface area (Å²) in [5.74, 6) is 1.67. The lowest BCUT2D eigenvalue weighted by atomic mass is 10.00. The molecule has 8 rings (SSSR count). The third kappa shape index (κ3) is 9.29. The number of H-pyrrole nitrogens is 2. The molecule has 2 saturated heterocycles. The number of alkyl carbamates (subject to hydrolysis) is 1. The van der Waals surface area contributed by atoms with Gasteiger partial charge < -0.3 is 49.9 Å². The van der Waals surface area contributed by atoms with Crippen LogP contribution in [0.5, 0.6) is 5.75 Å². The van der Waals surface area contributed by atoms with Gasteiger partial charge in [0.1, 0.15) is 29.5 Å². The molecule has 16 nitrogen and oxygen atoms in total. The van der Waals surface area contributed by atoms with E-state index in [2.05, 4.69) is 44.1 Å². The van der Waals surface area contributed by atoms with Crippen LogP contribution in [0.15, 0.2) is 85.2 Å². The number of methoxy groups -OCH3 is 1. The predicted molar refractivity (Wildman–Crippen MR) is 231 cm³/mol. The highest BCUT2D eigenvalue weighted by Gasteiger charge is 2.38. The van der Waals surface area contributed by atoms with Crippen molar-refractivity contribution in [3.8, 4) is 39.4 Å². The van der Waals surface area contributed by atoms with Crippen LogP contribution in [0.2, 0.25) is 0 Å². The van der Waals surface area contributed by atoms with Gasteiger partial charge in [-0.05, 0) is 79.8 Å². The summed E-state index contributed by atoms with van der Waals surface area (Å²) in [7, 11) is 1.27. The number of rotatable bonds is 8. The maximum atomic E-state index is 14.1. The Bertz CT molecular complexity index is 2350. The molecule has 5 aromatic rings. The molecule has 3 aliphatic heterocycles. The SMILES string of the molecule is CCNC(=O)N[C@@H](C(=O)N1CCC[C@H]1c1ncc(-c2ccc(-c3ccc4c(c3)OCCCCOC[C@H](NC(=O)OC)C(=O)N3CCC[C@H]3c3ncc-4[nH]3)cc2)[nH]1)c1ccccc1. The normalized spacial score (nSPS) is 19.8. The van der Waals surface area contributed by atoms with Crippen LogP contribution in [0.25, 0.3) is 33.6 Å². The van der Waals surface area contributed by atoms with E-state index in [1.165, 1.54) is 7.11 Å². The number of benzene rings is 3. The fourth-order valence-electron chi connectivity index (χ4n) is 8.52. The molecule has 3 aromatic carbocycles. The van der Waals surface area contributed by atoms with E-state index < -0.39 is 24.2 Å². The molecule has 2 aromatic heterocycles. The lowest BCUT2D eigenvalue weighted by Crippen LogP contribution is -2.50. The number of urea groups is 1. The van der Waals surface area contributed by atoms with Crippen molar-refractivity contribution < 1.29 is 33.4 Å². The van der Waals surface area contributed by atoms with Gasteiger partial charge in [0, 0.05) is 31.8 Å². The van der Waals surface area contributed by atoms with E-state index >= 15 is 0 Å². The quantitative estimate of drug-likeness (QED) is 0.117. The van der Waals surface area contributed by atoms with Crippen LogP contribution in [-0.4, -0.2) is 106 Å². The van der Waals surface area contributed by atoms with E-state index in [4.69, 9.17) is 24.2 Å². The summed E-state index contributed by atoms with van der Waals surface area (Å²) in [5, 5.41) is 8.27. The lowest BCUT2D eigenvalue weighted by molar-refractivity contribution is -0.136. The van der Waals surface area contributed by atoms with Crippen LogP contribution in [0.3, 0.4) is 0 Å². The standard InChI is InChI=1S/C46H53N9O7/c1-3-47-45(58)53-40(31-11-5-4-6-12-31)44(57)55-22-10-14-38(55)41-48-26-34(50-41)30-17-15-29(16-18-30)32-19-20-33-35-27-49-42(51-35)37-13-9-21-54(37)43(56)36(52-46(59)60-2)28-61-23-7-8-24-62-39(33)25-32/h4-6,11-12,15-20,25-27,36-38,40H,3,7-10,13-14,21-24,28H2,1-2H3,(H,48,50)(H,49,51)(H,52,59)(H2,47,53,58)/t36-,37-,38-,40+/m0/s1. The first kappa shape index (κ1) is 42.0. The third-order valence-corrected chi connectivity index (χ3v) is 11.7. The molecule has 324 valence electrons. The average Bonchev–Trinajstić information content (AvgIpc) is 4.15. The van der Waals surface area contributed by atoms with Crippen LogP contribution in [-0.2, 0) is 19.1 Å². The van der Waals surface area contributed by atoms with Crippen molar-refractivity contribution in [2.24, 2.45) is 0 Å². The van der Waals surface area contributed by atoms with Gasteiger partial charge in [-0.25, -0.2) is 19.6 Å². The van der Waals surface area contributed by atoms with Crippen LogP contribution in [0.1, 0.15) is 80.8 Å². The smallest absolute Gasteiger partial charge is 0.407 e. The molecule has 0 saturated carbocycles. The maximum Gasteiger partial charge on any atom is 0.407 e. The Hall–Kier alpha value is -6.68. The van der Waals surface area contributed by atoms with Gasteiger partial charge in [0.2, 0.25) is 11.8 Å². The number of hydrogen-bond donors (Lipinski definition) is 5. The highest BCUT2D eigenvalue weighted by atomic mass is 16.5. The molecule has 0 aliphatic carbocycles. The van der Waals surface area contributed by atoms with Gasteiger partial charge in [0.05, 0.1) is 56.2 Å². The molecule has 3 aliphatic rings. The van der Waals surface area contributed by atoms with E-state index in [0.717, 1.165) is 64.9 Å². The van der Waals surface area contributed by atoms with Crippen molar-refractivity contribution in [3.63, 3.8) is 0 Å². The molecule has 0 spiro atoms. The molecule has 5 heterocycles. The van der Waals surface area contributed by atoms with E-state index in [-0.39, 0.29) is 30.5 Å². The fourth-order valence-corrected chi connectivity index (χ4v) is 8.52. The first-order valence-corrected chi connectivity index (χ1v) is 21.4. The zero-order chi connectivity index (χ0) is 43.0. The number of aromatic nitrogens is 4. The number of aromatic amines is 2. The van der Waals surface area contributed by atoms with Crippen LogP contribution >= 0.6 is 0 Å². The highest BCUT2D eigenvalue weighted by molar-refractivity contribution is 5.89. The minimum atomic E-state index is -0.878. The number of carbonyl (C=O) groups is 4. The van der Waals surface area contributed by atoms with Crippen molar-refractivity contribution in [2.45, 2.75) is 69.6 Å². The maximum absolute atomic E-state index is 14.1. The number of nitrogens with zero attached hydrogens (tertiary/aromatic N) is 4. The number of nitrogens with one attached hydrogen (secondary N) is 5. The molecule has 2 fully saturated rings. The minimum Gasteiger partial charge on any atom is -0.493 e. The van der Waals surface area contributed by atoms with Crippen LogP contribution in [0.4, 0.5) is 9.59 Å². The number of fused-ring (bicyclic) bond motifs is 6. The first-order valence-electron chi connectivity index (χ1n) is 21.4. The zero-order valence-electron chi connectivity index (χ0n) is 35.0. The first-order chi connectivity index (χ1) is 30.3. The topological polar surface area (TPSA) is 196 Å². The van der Waals surface area contributed by atoms with Crippen molar-refractivity contribution in [2.75, 3.05) is 46.6 Å². The Morgan fingerprint density at radius 1 is 0.839 bits per heavy atom. The molecule has 5 N–H and O–H groups in total. The molecule has 4 atom stereocenters. The Morgan fingerprint density at radius 2 is 1.53 bits per heavy atom. The Labute approximate surface area is 360 Å². The lowest BCUT2D eigenvalue weighted by Gasteiger charge is -2.28. The molecule has 0 radical (unpaired) electrons. The van der Waals surface area contributed by atoms with Gasteiger partial charge in [-0.1, -0.05) is 60.7 Å². The number of likely N-dealkylation sites (tertiary alicyclic amines) is 1. The number of amides is 5. The van der Waals surface area contributed by atoms with Crippen molar-refractivity contribution in [1.82, 2.24) is 45.7 Å².